The summed E-state index contributed by atoms with van der Waals surface area (Å²) in [4.78, 5) is 11.3. The van der Waals surface area contributed by atoms with Gasteiger partial charge in [-0.05, 0) is 55.0 Å². The second-order valence-electron chi connectivity index (χ2n) is 5.99. The van der Waals surface area contributed by atoms with Gasteiger partial charge in [0.25, 0.3) is 0 Å². The number of carbonyl (C=O) groups is 1. The highest BCUT2D eigenvalue weighted by molar-refractivity contribution is 7.91. The molecule has 0 aromatic heterocycles. The van der Waals surface area contributed by atoms with E-state index in [1.54, 1.807) is 24.3 Å². The Morgan fingerprint density at radius 2 is 1.46 bits per heavy atom. The molecule has 0 aliphatic rings. The van der Waals surface area contributed by atoms with Gasteiger partial charge < -0.3 is 14.2 Å². The standard InChI is InChI=1S/C20H23ClO6S/c1-3-12-25-16-4-8-19(9-5-16)28(23,24)20-10-6-17(7-11-20)26-14-18(13-21)27-15(2)22/h4-11,18H,3,12-14H2,1-2H3/t18-/m1/s1. The molecule has 6 nitrogen and oxygen atoms in total. The maximum absolute atomic E-state index is 12.7. The molecule has 2 aromatic rings. The monoisotopic (exact) mass is 426 g/mol. The summed E-state index contributed by atoms with van der Waals surface area (Å²) in [6.07, 6.45) is 0.303. The number of ether oxygens (including phenoxy) is 3. The van der Waals surface area contributed by atoms with E-state index in [9.17, 15) is 13.2 Å². The Morgan fingerprint density at radius 1 is 0.964 bits per heavy atom. The average Bonchev–Trinajstić information content (AvgIpc) is 2.70. The first-order valence-corrected chi connectivity index (χ1v) is 10.8. The lowest BCUT2D eigenvalue weighted by molar-refractivity contribution is -0.146. The molecule has 0 aliphatic carbocycles. The molecule has 0 unspecified atom stereocenters. The molecule has 2 rings (SSSR count). The van der Waals surface area contributed by atoms with Crippen molar-refractivity contribution in [3.05, 3.63) is 48.5 Å². The molecular weight excluding hydrogens is 404 g/mol. The summed E-state index contributed by atoms with van der Waals surface area (Å²) in [5.41, 5.74) is 0. The fourth-order valence-electron chi connectivity index (χ4n) is 2.32. The van der Waals surface area contributed by atoms with Crippen LogP contribution in [0.4, 0.5) is 0 Å². The van der Waals surface area contributed by atoms with Crippen molar-refractivity contribution in [2.45, 2.75) is 36.2 Å². The van der Waals surface area contributed by atoms with Gasteiger partial charge in [0.2, 0.25) is 9.84 Å². The van der Waals surface area contributed by atoms with Crippen LogP contribution in [0.15, 0.2) is 58.3 Å². The van der Waals surface area contributed by atoms with Gasteiger partial charge >= 0.3 is 5.97 Å². The van der Waals surface area contributed by atoms with E-state index < -0.39 is 21.9 Å². The minimum atomic E-state index is -3.65. The number of sulfone groups is 1. The van der Waals surface area contributed by atoms with Crippen molar-refractivity contribution in [1.82, 2.24) is 0 Å². The van der Waals surface area contributed by atoms with Crippen LogP contribution in [-0.4, -0.2) is 39.6 Å². The minimum Gasteiger partial charge on any atom is -0.494 e. The van der Waals surface area contributed by atoms with E-state index in [-0.39, 0.29) is 22.3 Å². The van der Waals surface area contributed by atoms with Gasteiger partial charge in [-0.1, -0.05) is 6.92 Å². The van der Waals surface area contributed by atoms with Gasteiger partial charge in [-0.2, -0.15) is 0 Å². The van der Waals surface area contributed by atoms with Gasteiger partial charge in [-0.3, -0.25) is 4.79 Å². The molecule has 0 amide bonds. The Bertz CT molecular complexity index is 863. The second-order valence-corrected chi connectivity index (χ2v) is 8.25. The fraction of sp³-hybridized carbons (Fsp3) is 0.350. The van der Waals surface area contributed by atoms with Gasteiger partial charge in [0.1, 0.15) is 24.2 Å². The van der Waals surface area contributed by atoms with Crippen LogP contribution in [0.2, 0.25) is 0 Å². The lowest BCUT2D eigenvalue weighted by Crippen LogP contribution is -2.25. The van der Waals surface area contributed by atoms with Gasteiger partial charge in [-0.15, -0.1) is 11.6 Å². The molecule has 0 fully saturated rings. The van der Waals surface area contributed by atoms with E-state index >= 15 is 0 Å². The Kier molecular flexibility index (Phi) is 8.14. The zero-order chi connectivity index (χ0) is 20.6. The van der Waals surface area contributed by atoms with E-state index in [2.05, 4.69) is 0 Å². The van der Waals surface area contributed by atoms with E-state index in [0.717, 1.165) is 6.42 Å². The number of benzene rings is 2. The van der Waals surface area contributed by atoms with E-state index in [1.165, 1.54) is 31.2 Å². The van der Waals surface area contributed by atoms with Crippen LogP contribution in [0.3, 0.4) is 0 Å². The van der Waals surface area contributed by atoms with Crippen LogP contribution in [0, 0.1) is 0 Å². The van der Waals surface area contributed by atoms with Crippen molar-refractivity contribution >= 4 is 27.4 Å². The molecule has 0 aliphatic heterocycles. The maximum atomic E-state index is 12.7. The minimum absolute atomic E-state index is 0.0778. The average molecular weight is 427 g/mol. The quantitative estimate of drug-likeness (QED) is 0.424. The number of hydrogen-bond acceptors (Lipinski definition) is 6. The van der Waals surface area contributed by atoms with E-state index in [4.69, 9.17) is 25.8 Å². The number of esters is 1. The molecular formula is C20H23ClO6S. The summed E-state index contributed by atoms with van der Waals surface area (Å²) < 4.78 is 41.5. The third-order valence-electron chi connectivity index (χ3n) is 3.68. The van der Waals surface area contributed by atoms with Crippen molar-refractivity contribution in [2.75, 3.05) is 19.1 Å². The van der Waals surface area contributed by atoms with Crippen LogP contribution in [-0.2, 0) is 19.4 Å². The van der Waals surface area contributed by atoms with E-state index in [0.29, 0.717) is 18.1 Å². The molecule has 1 atom stereocenters. The molecule has 2 aromatic carbocycles. The summed E-state index contributed by atoms with van der Waals surface area (Å²) in [6.45, 7) is 3.95. The Labute approximate surface area is 170 Å². The molecule has 0 saturated heterocycles. The summed E-state index contributed by atoms with van der Waals surface area (Å²) in [7, 11) is -3.65. The molecule has 8 heteroatoms. The summed E-state index contributed by atoms with van der Waals surface area (Å²) in [5.74, 6) is 0.738. The molecule has 28 heavy (non-hydrogen) atoms. The van der Waals surface area contributed by atoms with Gasteiger partial charge in [0.15, 0.2) is 0 Å². The number of rotatable bonds is 10. The summed E-state index contributed by atoms with van der Waals surface area (Å²) in [5, 5.41) is 0. The van der Waals surface area contributed by atoms with Crippen LogP contribution < -0.4 is 9.47 Å². The highest BCUT2D eigenvalue weighted by Crippen LogP contribution is 2.25. The van der Waals surface area contributed by atoms with Crippen molar-refractivity contribution in [3.63, 3.8) is 0 Å². The Morgan fingerprint density at radius 3 is 1.89 bits per heavy atom. The third kappa shape index (κ3) is 6.14. The van der Waals surface area contributed by atoms with E-state index in [1.807, 2.05) is 6.92 Å². The van der Waals surface area contributed by atoms with Crippen molar-refractivity contribution in [3.8, 4) is 11.5 Å². The zero-order valence-corrected chi connectivity index (χ0v) is 17.3. The lowest BCUT2D eigenvalue weighted by atomic mass is 10.3. The molecule has 0 spiro atoms. The van der Waals surface area contributed by atoms with Gasteiger partial charge in [0, 0.05) is 6.92 Å². The maximum Gasteiger partial charge on any atom is 0.303 e. The molecule has 0 N–H and O–H groups in total. The SMILES string of the molecule is CCCOc1ccc(S(=O)(=O)c2ccc(OC[C@@H](CCl)OC(C)=O)cc2)cc1. The first kappa shape index (κ1) is 22.0. The van der Waals surface area contributed by atoms with Crippen molar-refractivity contribution in [2.24, 2.45) is 0 Å². The molecule has 0 radical (unpaired) electrons. The number of alkyl halides is 1. The topological polar surface area (TPSA) is 78.9 Å². The number of hydrogen-bond donors (Lipinski definition) is 0. The summed E-state index contributed by atoms with van der Waals surface area (Å²) >= 11 is 5.72. The predicted molar refractivity (Wildman–Crippen MR) is 106 cm³/mol. The lowest BCUT2D eigenvalue weighted by Gasteiger charge is -2.15. The first-order chi connectivity index (χ1) is 13.4. The van der Waals surface area contributed by atoms with Crippen LogP contribution in [0.25, 0.3) is 0 Å². The van der Waals surface area contributed by atoms with Crippen molar-refractivity contribution in [1.29, 1.82) is 0 Å². The Balaban J connectivity index is 2.05. The smallest absolute Gasteiger partial charge is 0.303 e. The van der Waals surface area contributed by atoms with Crippen LogP contribution >= 0.6 is 11.6 Å². The molecule has 152 valence electrons. The van der Waals surface area contributed by atoms with Gasteiger partial charge in [0.05, 0.1) is 22.3 Å². The fourth-order valence-corrected chi connectivity index (χ4v) is 3.73. The molecule has 0 heterocycles. The third-order valence-corrected chi connectivity index (χ3v) is 5.81. The number of halogens is 1. The van der Waals surface area contributed by atoms with Gasteiger partial charge in [-0.25, -0.2) is 8.42 Å². The highest BCUT2D eigenvalue weighted by atomic mass is 35.5. The number of carbonyl (C=O) groups excluding carboxylic acids is 1. The van der Waals surface area contributed by atoms with Crippen molar-refractivity contribution < 1.29 is 27.4 Å². The first-order valence-electron chi connectivity index (χ1n) is 8.80. The summed E-state index contributed by atoms with van der Waals surface area (Å²) in [6, 6.07) is 12.4. The highest BCUT2D eigenvalue weighted by Gasteiger charge is 2.18. The Hall–Kier alpha value is -2.25. The molecule has 0 saturated carbocycles. The van der Waals surface area contributed by atoms with Crippen LogP contribution in [0.1, 0.15) is 20.3 Å². The second kappa shape index (κ2) is 10.3. The van der Waals surface area contributed by atoms with Crippen LogP contribution in [0.5, 0.6) is 11.5 Å². The largest absolute Gasteiger partial charge is 0.494 e. The molecule has 0 bridgehead atoms. The predicted octanol–water partition coefficient (Wildman–Crippen LogP) is 3.86. The normalized spacial score (nSPS) is 12.2. The zero-order valence-electron chi connectivity index (χ0n) is 15.8.